The van der Waals surface area contributed by atoms with Gasteiger partial charge in [0.25, 0.3) is 0 Å². The standard InChI is InChI=1S/C13H22N2O5/c1-13(2,3)6-10(16)14-7-11(17)15-4-5-20-8-9(15)12(18)19/h9H,4-8H2,1-3H3,(H,14,16)(H,18,19). The van der Waals surface area contributed by atoms with Crippen LogP contribution in [-0.4, -0.2) is 60.1 Å². The molecule has 2 N–H and O–H groups in total. The number of nitrogens with zero attached hydrogens (tertiary/aromatic N) is 1. The van der Waals surface area contributed by atoms with Crippen LogP contribution in [0, 0.1) is 5.41 Å². The Morgan fingerprint density at radius 1 is 1.35 bits per heavy atom. The van der Waals surface area contributed by atoms with Gasteiger partial charge in [0, 0.05) is 13.0 Å². The van der Waals surface area contributed by atoms with Crippen LogP contribution in [0.4, 0.5) is 0 Å². The average molecular weight is 286 g/mol. The molecule has 7 heteroatoms. The molecule has 0 saturated carbocycles. The van der Waals surface area contributed by atoms with Crippen molar-refractivity contribution in [1.29, 1.82) is 0 Å². The van der Waals surface area contributed by atoms with Gasteiger partial charge in [0.15, 0.2) is 6.04 Å². The summed E-state index contributed by atoms with van der Waals surface area (Å²) in [5.74, 6) is -1.71. The van der Waals surface area contributed by atoms with Gasteiger partial charge in [0.05, 0.1) is 19.8 Å². The van der Waals surface area contributed by atoms with E-state index in [1.807, 2.05) is 20.8 Å². The van der Waals surface area contributed by atoms with E-state index >= 15 is 0 Å². The Morgan fingerprint density at radius 3 is 2.55 bits per heavy atom. The molecule has 7 nitrogen and oxygen atoms in total. The van der Waals surface area contributed by atoms with Crippen molar-refractivity contribution in [3.05, 3.63) is 0 Å². The van der Waals surface area contributed by atoms with Crippen LogP contribution in [-0.2, 0) is 19.1 Å². The van der Waals surface area contributed by atoms with Crippen LogP contribution in [0.5, 0.6) is 0 Å². The summed E-state index contributed by atoms with van der Waals surface area (Å²) < 4.78 is 5.05. The van der Waals surface area contributed by atoms with E-state index in [1.54, 1.807) is 0 Å². The molecule has 0 aliphatic carbocycles. The highest BCUT2D eigenvalue weighted by molar-refractivity contribution is 5.88. The second-order valence-corrected chi connectivity index (χ2v) is 6.03. The number of ether oxygens (including phenoxy) is 1. The van der Waals surface area contributed by atoms with Crippen molar-refractivity contribution < 1.29 is 24.2 Å². The Kier molecular flexibility index (Phi) is 5.50. The molecule has 1 fully saturated rings. The lowest BCUT2D eigenvalue weighted by Gasteiger charge is -2.33. The lowest BCUT2D eigenvalue weighted by Crippen LogP contribution is -2.55. The number of morpholine rings is 1. The van der Waals surface area contributed by atoms with Crippen molar-refractivity contribution in [3.8, 4) is 0 Å². The summed E-state index contributed by atoms with van der Waals surface area (Å²) in [6.07, 6.45) is 0.311. The number of amides is 2. The molecular weight excluding hydrogens is 264 g/mol. The number of nitrogens with one attached hydrogen (secondary N) is 1. The summed E-state index contributed by atoms with van der Waals surface area (Å²) in [6.45, 7) is 6.12. The third kappa shape index (κ3) is 5.16. The molecular formula is C13H22N2O5. The summed E-state index contributed by atoms with van der Waals surface area (Å²) in [5.41, 5.74) is -0.157. The van der Waals surface area contributed by atoms with Crippen LogP contribution < -0.4 is 5.32 Å². The van der Waals surface area contributed by atoms with Gasteiger partial charge >= 0.3 is 5.97 Å². The first-order valence-electron chi connectivity index (χ1n) is 6.57. The lowest BCUT2D eigenvalue weighted by atomic mass is 9.92. The average Bonchev–Trinajstić information content (AvgIpc) is 2.33. The van der Waals surface area contributed by atoms with E-state index in [0.717, 1.165) is 0 Å². The van der Waals surface area contributed by atoms with Crippen molar-refractivity contribution in [2.75, 3.05) is 26.3 Å². The minimum Gasteiger partial charge on any atom is -0.480 e. The number of aliphatic carboxylic acids is 1. The minimum absolute atomic E-state index is 0.0169. The molecule has 0 aromatic carbocycles. The molecule has 1 rings (SSSR count). The second-order valence-electron chi connectivity index (χ2n) is 6.03. The number of carboxylic acids is 1. The molecule has 1 atom stereocenters. The number of carbonyl (C=O) groups is 3. The van der Waals surface area contributed by atoms with E-state index < -0.39 is 17.9 Å². The van der Waals surface area contributed by atoms with Crippen molar-refractivity contribution >= 4 is 17.8 Å². The Balaban J connectivity index is 2.49. The Bertz CT molecular complexity index is 389. The van der Waals surface area contributed by atoms with Crippen molar-refractivity contribution in [3.63, 3.8) is 0 Å². The maximum Gasteiger partial charge on any atom is 0.328 e. The van der Waals surface area contributed by atoms with Gasteiger partial charge in [-0.05, 0) is 5.41 Å². The molecule has 114 valence electrons. The van der Waals surface area contributed by atoms with Crippen molar-refractivity contribution in [2.24, 2.45) is 5.41 Å². The van der Waals surface area contributed by atoms with E-state index in [2.05, 4.69) is 5.32 Å². The highest BCUT2D eigenvalue weighted by Gasteiger charge is 2.32. The third-order valence-corrected chi connectivity index (χ3v) is 2.86. The second kappa shape index (κ2) is 6.69. The number of carbonyl (C=O) groups excluding carboxylic acids is 2. The summed E-state index contributed by atoms with van der Waals surface area (Å²) in [6, 6.07) is -0.976. The zero-order valence-corrected chi connectivity index (χ0v) is 12.1. The largest absolute Gasteiger partial charge is 0.480 e. The topological polar surface area (TPSA) is 95.9 Å². The van der Waals surface area contributed by atoms with Gasteiger partial charge < -0.3 is 20.1 Å². The van der Waals surface area contributed by atoms with Gasteiger partial charge in [0.1, 0.15) is 0 Å². The predicted molar refractivity (Wildman–Crippen MR) is 71.0 cm³/mol. The highest BCUT2D eigenvalue weighted by atomic mass is 16.5. The van der Waals surface area contributed by atoms with Gasteiger partial charge in [-0.1, -0.05) is 20.8 Å². The van der Waals surface area contributed by atoms with Crippen molar-refractivity contribution in [2.45, 2.75) is 33.2 Å². The smallest absolute Gasteiger partial charge is 0.328 e. The van der Waals surface area contributed by atoms with E-state index in [-0.39, 0.29) is 31.0 Å². The molecule has 1 unspecified atom stereocenters. The number of hydrogen-bond donors (Lipinski definition) is 2. The summed E-state index contributed by atoms with van der Waals surface area (Å²) in [4.78, 5) is 35.9. The monoisotopic (exact) mass is 286 g/mol. The molecule has 1 saturated heterocycles. The molecule has 1 heterocycles. The molecule has 0 aromatic heterocycles. The maximum absolute atomic E-state index is 12.0. The Labute approximate surface area is 118 Å². The first-order valence-corrected chi connectivity index (χ1v) is 6.57. The van der Waals surface area contributed by atoms with Gasteiger partial charge in [0.2, 0.25) is 11.8 Å². The lowest BCUT2D eigenvalue weighted by molar-refractivity contribution is -0.158. The molecule has 1 aliphatic rings. The molecule has 0 spiro atoms. The van der Waals surface area contributed by atoms with Crippen LogP contribution in [0.2, 0.25) is 0 Å². The fraction of sp³-hybridized carbons (Fsp3) is 0.769. The van der Waals surface area contributed by atoms with E-state index in [4.69, 9.17) is 9.84 Å². The fourth-order valence-electron chi connectivity index (χ4n) is 1.93. The van der Waals surface area contributed by atoms with Gasteiger partial charge in [-0.15, -0.1) is 0 Å². The van der Waals surface area contributed by atoms with Gasteiger partial charge in [-0.3, -0.25) is 9.59 Å². The van der Waals surface area contributed by atoms with Gasteiger partial charge in [-0.25, -0.2) is 4.79 Å². The molecule has 0 radical (unpaired) electrons. The third-order valence-electron chi connectivity index (χ3n) is 2.86. The van der Waals surface area contributed by atoms with Crippen LogP contribution >= 0.6 is 0 Å². The van der Waals surface area contributed by atoms with Crippen LogP contribution in [0.25, 0.3) is 0 Å². The number of rotatable bonds is 4. The Morgan fingerprint density at radius 2 is 2.00 bits per heavy atom. The minimum atomic E-state index is -1.10. The quantitative estimate of drug-likeness (QED) is 0.749. The van der Waals surface area contributed by atoms with Crippen LogP contribution in [0.3, 0.4) is 0 Å². The SMILES string of the molecule is CC(C)(C)CC(=O)NCC(=O)N1CCOCC1C(=O)O. The highest BCUT2D eigenvalue weighted by Crippen LogP contribution is 2.17. The zero-order chi connectivity index (χ0) is 15.3. The van der Waals surface area contributed by atoms with Crippen molar-refractivity contribution in [1.82, 2.24) is 10.2 Å². The first kappa shape index (κ1) is 16.4. The predicted octanol–water partition coefficient (Wildman–Crippen LogP) is -0.149. The zero-order valence-electron chi connectivity index (χ0n) is 12.1. The van der Waals surface area contributed by atoms with E-state index in [0.29, 0.717) is 13.0 Å². The van der Waals surface area contributed by atoms with Crippen LogP contribution in [0.15, 0.2) is 0 Å². The summed E-state index contributed by atoms with van der Waals surface area (Å²) >= 11 is 0. The first-order chi connectivity index (χ1) is 9.20. The summed E-state index contributed by atoms with van der Waals surface area (Å²) in [5, 5.41) is 11.6. The normalized spacial score (nSPS) is 19.6. The Hall–Kier alpha value is -1.63. The molecule has 20 heavy (non-hydrogen) atoms. The van der Waals surface area contributed by atoms with Gasteiger partial charge in [-0.2, -0.15) is 0 Å². The molecule has 0 bridgehead atoms. The molecule has 0 aromatic rings. The van der Waals surface area contributed by atoms with E-state index in [9.17, 15) is 14.4 Å². The maximum atomic E-state index is 12.0. The fourth-order valence-corrected chi connectivity index (χ4v) is 1.93. The number of hydrogen-bond acceptors (Lipinski definition) is 4. The van der Waals surface area contributed by atoms with Crippen LogP contribution in [0.1, 0.15) is 27.2 Å². The molecule has 2 amide bonds. The summed E-state index contributed by atoms with van der Waals surface area (Å²) in [7, 11) is 0. The van der Waals surface area contributed by atoms with E-state index in [1.165, 1.54) is 4.90 Å². The number of carboxylic acid groups (broad SMARTS) is 1. The molecule has 1 aliphatic heterocycles.